The molecule has 1 aliphatic carbocycles. The van der Waals surface area contributed by atoms with E-state index < -0.39 is 5.97 Å². The molecule has 0 aromatic rings. The van der Waals surface area contributed by atoms with Crippen molar-refractivity contribution in [3.8, 4) is 0 Å². The van der Waals surface area contributed by atoms with Crippen molar-refractivity contribution >= 4 is 18.4 Å². The number of halogens is 1. The SMILES string of the molecule is CNC1CCCCC1C(=O)O.Cl. The second-order valence-corrected chi connectivity index (χ2v) is 3.12. The Balaban J connectivity index is 0.00000121. The first-order valence-corrected chi connectivity index (χ1v) is 4.15. The number of hydrogen-bond donors (Lipinski definition) is 2. The van der Waals surface area contributed by atoms with Gasteiger partial charge in [0.15, 0.2) is 0 Å². The maximum Gasteiger partial charge on any atom is 0.308 e. The van der Waals surface area contributed by atoms with Gasteiger partial charge in [0.25, 0.3) is 0 Å². The Bertz CT molecular complexity index is 152. The van der Waals surface area contributed by atoms with Crippen molar-refractivity contribution < 1.29 is 9.90 Å². The molecular formula is C8H16ClNO2. The van der Waals surface area contributed by atoms with Gasteiger partial charge in [0.05, 0.1) is 5.92 Å². The summed E-state index contributed by atoms with van der Waals surface area (Å²) in [7, 11) is 1.84. The Morgan fingerprint density at radius 3 is 2.42 bits per heavy atom. The van der Waals surface area contributed by atoms with Gasteiger partial charge in [0.1, 0.15) is 0 Å². The summed E-state index contributed by atoms with van der Waals surface area (Å²) in [4.78, 5) is 10.7. The Kier molecular flexibility index (Phi) is 5.25. The topological polar surface area (TPSA) is 49.3 Å². The van der Waals surface area contributed by atoms with E-state index in [1.54, 1.807) is 0 Å². The van der Waals surface area contributed by atoms with E-state index in [-0.39, 0.29) is 24.4 Å². The van der Waals surface area contributed by atoms with E-state index in [1.807, 2.05) is 7.05 Å². The van der Waals surface area contributed by atoms with E-state index in [1.165, 1.54) is 0 Å². The van der Waals surface area contributed by atoms with Crippen LogP contribution in [0.25, 0.3) is 0 Å². The first-order valence-electron chi connectivity index (χ1n) is 4.15. The lowest BCUT2D eigenvalue weighted by Crippen LogP contribution is -2.40. The number of rotatable bonds is 2. The molecular weight excluding hydrogens is 178 g/mol. The molecule has 1 fully saturated rings. The Labute approximate surface area is 78.9 Å². The van der Waals surface area contributed by atoms with Crippen LogP contribution in [0.4, 0.5) is 0 Å². The lowest BCUT2D eigenvalue weighted by atomic mass is 9.85. The highest BCUT2D eigenvalue weighted by Crippen LogP contribution is 2.23. The highest BCUT2D eigenvalue weighted by atomic mass is 35.5. The number of carboxylic acid groups (broad SMARTS) is 1. The van der Waals surface area contributed by atoms with E-state index in [0.29, 0.717) is 0 Å². The molecule has 1 rings (SSSR count). The summed E-state index contributed by atoms with van der Waals surface area (Å²) in [5.74, 6) is -0.808. The molecule has 12 heavy (non-hydrogen) atoms. The van der Waals surface area contributed by atoms with Gasteiger partial charge in [0, 0.05) is 6.04 Å². The summed E-state index contributed by atoms with van der Waals surface area (Å²) in [5, 5.41) is 11.9. The van der Waals surface area contributed by atoms with Crippen LogP contribution in [0.3, 0.4) is 0 Å². The standard InChI is InChI=1S/C8H15NO2.ClH/c1-9-7-5-3-2-4-6(7)8(10)11;/h6-7,9H,2-5H2,1H3,(H,10,11);1H. The third-order valence-corrected chi connectivity index (χ3v) is 2.45. The van der Waals surface area contributed by atoms with E-state index in [9.17, 15) is 4.79 Å². The van der Waals surface area contributed by atoms with Gasteiger partial charge in [-0.05, 0) is 19.9 Å². The summed E-state index contributed by atoms with van der Waals surface area (Å²) in [6, 6.07) is 0.196. The van der Waals surface area contributed by atoms with Crippen LogP contribution in [0.2, 0.25) is 0 Å². The normalized spacial score (nSPS) is 29.1. The molecule has 0 amide bonds. The van der Waals surface area contributed by atoms with Crippen LogP contribution < -0.4 is 5.32 Å². The van der Waals surface area contributed by atoms with Crippen molar-refractivity contribution in [2.75, 3.05) is 7.05 Å². The molecule has 72 valence electrons. The third-order valence-electron chi connectivity index (χ3n) is 2.45. The van der Waals surface area contributed by atoms with Crippen LogP contribution in [0.15, 0.2) is 0 Å². The van der Waals surface area contributed by atoms with E-state index in [0.717, 1.165) is 25.7 Å². The molecule has 0 spiro atoms. The van der Waals surface area contributed by atoms with Crippen LogP contribution in [-0.4, -0.2) is 24.2 Å². The van der Waals surface area contributed by atoms with Gasteiger partial charge in [0.2, 0.25) is 0 Å². The molecule has 0 aliphatic heterocycles. The fraction of sp³-hybridized carbons (Fsp3) is 0.875. The van der Waals surface area contributed by atoms with Crippen molar-refractivity contribution in [2.24, 2.45) is 5.92 Å². The first-order chi connectivity index (χ1) is 5.25. The molecule has 1 saturated carbocycles. The summed E-state index contributed by atoms with van der Waals surface area (Å²) in [6.07, 6.45) is 4.07. The highest BCUT2D eigenvalue weighted by molar-refractivity contribution is 5.85. The quantitative estimate of drug-likeness (QED) is 0.695. The lowest BCUT2D eigenvalue weighted by Gasteiger charge is -2.27. The van der Waals surface area contributed by atoms with Crippen LogP contribution in [-0.2, 0) is 4.79 Å². The molecule has 0 aromatic heterocycles. The first kappa shape index (κ1) is 11.7. The van der Waals surface area contributed by atoms with Gasteiger partial charge < -0.3 is 10.4 Å². The number of nitrogens with one attached hydrogen (secondary N) is 1. The zero-order chi connectivity index (χ0) is 8.27. The molecule has 0 radical (unpaired) electrons. The number of aliphatic carboxylic acids is 1. The summed E-state index contributed by atoms with van der Waals surface area (Å²) in [5.41, 5.74) is 0. The predicted octanol–water partition coefficient (Wildman–Crippen LogP) is 1.27. The van der Waals surface area contributed by atoms with Gasteiger partial charge in [-0.3, -0.25) is 4.79 Å². The molecule has 2 N–H and O–H groups in total. The van der Waals surface area contributed by atoms with Gasteiger partial charge in [-0.2, -0.15) is 0 Å². The maximum atomic E-state index is 10.7. The maximum absolute atomic E-state index is 10.7. The van der Waals surface area contributed by atoms with Crippen molar-refractivity contribution in [3.63, 3.8) is 0 Å². The van der Waals surface area contributed by atoms with E-state index in [2.05, 4.69) is 5.32 Å². The van der Waals surface area contributed by atoms with E-state index >= 15 is 0 Å². The molecule has 3 nitrogen and oxygen atoms in total. The fourth-order valence-electron chi connectivity index (χ4n) is 1.77. The molecule has 0 saturated heterocycles. The molecule has 0 heterocycles. The average Bonchev–Trinajstić information content (AvgIpc) is 2.04. The van der Waals surface area contributed by atoms with Crippen molar-refractivity contribution in [2.45, 2.75) is 31.7 Å². The third kappa shape index (κ3) is 2.64. The highest BCUT2D eigenvalue weighted by Gasteiger charge is 2.29. The second-order valence-electron chi connectivity index (χ2n) is 3.12. The molecule has 2 atom stereocenters. The summed E-state index contributed by atoms with van der Waals surface area (Å²) in [6.45, 7) is 0. The van der Waals surface area contributed by atoms with Gasteiger partial charge in [-0.25, -0.2) is 0 Å². The molecule has 2 unspecified atom stereocenters. The second kappa shape index (κ2) is 5.38. The summed E-state index contributed by atoms with van der Waals surface area (Å²) < 4.78 is 0. The molecule has 4 heteroatoms. The number of carbonyl (C=O) groups is 1. The minimum Gasteiger partial charge on any atom is -0.481 e. The van der Waals surface area contributed by atoms with Crippen LogP contribution in [0, 0.1) is 5.92 Å². The van der Waals surface area contributed by atoms with Crippen molar-refractivity contribution in [1.82, 2.24) is 5.32 Å². The predicted molar refractivity (Wildman–Crippen MR) is 49.7 cm³/mol. The minimum absolute atomic E-state index is 0. The summed E-state index contributed by atoms with van der Waals surface area (Å²) >= 11 is 0. The van der Waals surface area contributed by atoms with Gasteiger partial charge >= 0.3 is 5.97 Å². The van der Waals surface area contributed by atoms with Gasteiger partial charge in [-0.1, -0.05) is 12.8 Å². The van der Waals surface area contributed by atoms with Crippen LogP contribution >= 0.6 is 12.4 Å². The van der Waals surface area contributed by atoms with Gasteiger partial charge in [-0.15, -0.1) is 12.4 Å². The monoisotopic (exact) mass is 193 g/mol. The average molecular weight is 194 g/mol. The van der Waals surface area contributed by atoms with Crippen LogP contribution in [0.1, 0.15) is 25.7 Å². The zero-order valence-corrected chi connectivity index (χ0v) is 8.06. The molecule has 0 aromatic carbocycles. The van der Waals surface area contributed by atoms with Crippen molar-refractivity contribution in [3.05, 3.63) is 0 Å². The van der Waals surface area contributed by atoms with Crippen molar-refractivity contribution in [1.29, 1.82) is 0 Å². The number of hydrogen-bond acceptors (Lipinski definition) is 2. The largest absolute Gasteiger partial charge is 0.481 e. The molecule has 0 bridgehead atoms. The Morgan fingerprint density at radius 2 is 2.00 bits per heavy atom. The number of carboxylic acids is 1. The van der Waals surface area contributed by atoms with E-state index in [4.69, 9.17) is 5.11 Å². The zero-order valence-electron chi connectivity index (χ0n) is 7.25. The lowest BCUT2D eigenvalue weighted by molar-refractivity contribution is -0.143. The minimum atomic E-state index is -0.649. The molecule has 1 aliphatic rings. The smallest absolute Gasteiger partial charge is 0.308 e. The van der Waals surface area contributed by atoms with Crippen LogP contribution in [0.5, 0.6) is 0 Å². The Morgan fingerprint density at radius 1 is 1.42 bits per heavy atom. The Hall–Kier alpha value is -0.280. The fourth-order valence-corrected chi connectivity index (χ4v) is 1.77.